The first-order valence-electron chi connectivity index (χ1n) is 10.4. The lowest BCUT2D eigenvalue weighted by atomic mass is 10.1. The van der Waals surface area contributed by atoms with Crippen LogP contribution in [0, 0.1) is 6.92 Å². The summed E-state index contributed by atoms with van der Waals surface area (Å²) in [7, 11) is 0. The zero-order chi connectivity index (χ0) is 24.1. The van der Waals surface area contributed by atoms with Crippen LogP contribution in [-0.4, -0.2) is 20.7 Å². The summed E-state index contributed by atoms with van der Waals surface area (Å²) in [6, 6.07) is 21.9. The molecule has 0 aliphatic carbocycles. The van der Waals surface area contributed by atoms with Gasteiger partial charge < -0.3 is 5.32 Å². The molecule has 3 aromatic carbocycles. The van der Waals surface area contributed by atoms with Gasteiger partial charge in [0, 0.05) is 17.0 Å². The van der Waals surface area contributed by atoms with E-state index in [1.807, 2.05) is 66.1 Å². The molecule has 4 aromatic rings. The summed E-state index contributed by atoms with van der Waals surface area (Å²) in [4.78, 5) is 12.5. The molecule has 0 saturated carbocycles. The number of benzene rings is 3. The van der Waals surface area contributed by atoms with Crippen LogP contribution in [0.25, 0.3) is 5.69 Å². The van der Waals surface area contributed by atoms with E-state index >= 15 is 0 Å². The Balaban J connectivity index is 1.53. The maximum atomic E-state index is 12.8. The van der Waals surface area contributed by atoms with Crippen LogP contribution >= 0.6 is 11.8 Å². The topological polar surface area (TPSA) is 59.8 Å². The van der Waals surface area contributed by atoms with E-state index in [9.17, 15) is 18.0 Å². The average molecular weight is 483 g/mol. The van der Waals surface area contributed by atoms with Crippen molar-refractivity contribution in [3.8, 4) is 5.69 Å². The largest absolute Gasteiger partial charge is 0.416 e. The van der Waals surface area contributed by atoms with Gasteiger partial charge in [0.15, 0.2) is 11.0 Å². The molecule has 1 aromatic heterocycles. The van der Waals surface area contributed by atoms with Crippen molar-refractivity contribution in [1.29, 1.82) is 0 Å². The number of nitrogens with zero attached hydrogens (tertiary/aromatic N) is 3. The normalized spacial score (nSPS) is 11.4. The second kappa shape index (κ2) is 10.1. The predicted octanol–water partition coefficient (Wildman–Crippen LogP) is 5.82. The quantitative estimate of drug-likeness (QED) is 0.338. The second-order valence-corrected chi connectivity index (χ2v) is 8.54. The molecule has 0 atom stereocenters. The molecule has 0 bridgehead atoms. The van der Waals surface area contributed by atoms with Gasteiger partial charge in [-0.3, -0.25) is 9.36 Å². The van der Waals surface area contributed by atoms with Crippen LogP contribution in [0.3, 0.4) is 0 Å². The van der Waals surface area contributed by atoms with Crippen LogP contribution in [0.4, 0.5) is 13.2 Å². The number of halogens is 3. The number of alkyl halides is 3. The van der Waals surface area contributed by atoms with Crippen LogP contribution in [0.2, 0.25) is 0 Å². The minimum absolute atomic E-state index is 0.0621. The Hall–Kier alpha value is -3.59. The molecule has 34 heavy (non-hydrogen) atoms. The van der Waals surface area contributed by atoms with E-state index in [0.717, 1.165) is 41.1 Å². The number of thioether (sulfide) groups is 1. The van der Waals surface area contributed by atoms with Crippen molar-refractivity contribution in [3.63, 3.8) is 0 Å². The van der Waals surface area contributed by atoms with Gasteiger partial charge in [0.2, 0.25) is 0 Å². The number of aryl methyl sites for hydroxylation is 1. The Labute approximate surface area is 199 Å². The zero-order valence-corrected chi connectivity index (χ0v) is 19.0. The van der Waals surface area contributed by atoms with Gasteiger partial charge in [-0.1, -0.05) is 59.8 Å². The van der Waals surface area contributed by atoms with Crippen LogP contribution in [0.1, 0.15) is 32.9 Å². The highest BCUT2D eigenvalue weighted by atomic mass is 32.2. The molecule has 5 nitrogen and oxygen atoms in total. The third kappa shape index (κ3) is 5.66. The van der Waals surface area contributed by atoms with E-state index in [0.29, 0.717) is 16.7 Å². The highest BCUT2D eigenvalue weighted by molar-refractivity contribution is 7.98. The van der Waals surface area contributed by atoms with Crippen LogP contribution in [0.5, 0.6) is 0 Å². The monoisotopic (exact) mass is 482 g/mol. The van der Waals surface area contributed by atoms with Gasteiger partial charge in [-0.2, -0.15) is 13.2 Å². The van der Waals surface area contributed by atoms with Gasteiger partial charge in [0.25, 0.3) is 5.91 Å². The molecule has 0 radical (unpaired) electrons. The van der Waals surface area contributed by atoms with Gasteiger partial charge >= 0.3 is 6.18 Å². The summed E-state index contributed by atoms with van der Waals surface area (Å²) in [5.74, 6) is 0.716. The molecular formula is C25H21F3N4OS. The van der Waals surface area contributed by atoms with Crippen molar-refractivity contribution >= 4 is 17.7 Å². The summed E-state index contributed by atoms with van der Waals surface area (Å²) in [5.41, 5.74) is 2.43. The lowest BCUT2D eigenvalue weighted by Gasteiger charge is -2.12. The number of hydrogen-bond donors (Lipinski definition) is 1. The SMILES string of the molecule is Cc1ccc(-n2c(CNC(=O)c3ccc(C(F)(F)F)cc3)nnc2SCc2ccccc2)cc1. The summed E-state index contributed by atoms with van der Waals surface area (Å²) in [6.45, 7) is 2.05. The molecule has 4 rings (SSSR count). The van der Waals surface area contributed by atoms with Crippen molar-refractivity contribution in [1.82, 2.24) is 20.1 Å². The fourth-order valence-corrected chi connectivity index (χ4v) is 4.18. The number of aromatic nitrogens is 3. The number of amides is 1. The molecule has 0 aliphatic rings. The third-order valence-corrected chi connectivity index (χ3v) is 6.08. The van der Waals surface area contributed by atoms with Crippen molar-refractivity contribution in [3.05, 3.63) is 107 Å². The van der Waals surface area contributed by atoms with E-state index in [1.165, 1.54) is 11.8 Å². The molecule has 0 aliphatic heterocycles. The minimum atomic E-state index is -4.45. The summed E-state index contributed by atoms with van der Waals surface area (Å²) in [5, 5.41) is 12.0. The lowest BCUT2D eigenvalue weighted by molar-refractivity contribution is -0.137. The third-order valence-electron chi connectivity index (χ3n) is 5.08. The Morgan fingerprint density at radius 1 is 0.941 bits per heavy atom. The molecule has 174 valence electrons. The Morgan fingerprint density at radius 2 is 1.62 bits per heavy atom. The smallest absolute Gasteiger partial charge is 0.345 e. The molecule has 9 heteroatoms. The first-order chi connectivity index (χ1) is 16.3. The minimum Gasteiger partial charge on any atom is -0.345 e. The van der Waals surface area contributed by atoms with Crippen LogP contribution in [-0.2, 0) is 18.5 Å². The lowest BCUT2D eigenvalue weighted by Crippen LogP contribution is -2.24. The maximum absolute atomic E-state index is 12.8. The van der Waals surface area contributed by atoms with E-state index in [1.54, 1.807) is 0 Å². The number of rotatable bonds is 7. The number of nitrogens with one attached hydrogen (secondary N) is 1. The molecule has 1 amide bonds. The van der Waals surface area contributed by atoms with Gasteiger partial charge in [-0.05, 0) is 48.9 Å². The highest BCUT2D eigenvalue weighted by Crippen LogP contribution is 2.29. The summed E-state index contributed by atoms with van der Waals surface area (Å²) < 4.78 is 40.2. The van der Waals surface area contributed by atoms with Crippen molar-refractivity contribution in [2.75, 3.05) is 0 Å². The van der Waals surface area contributed by atoms with E-state index in [2.05, 4.69) is 15.5 Å². The fourth-order valence-electron chi connectivity index (χ4n) is 3.26. The first-order valence-corrected chi connectivity index (χ1v) is 11.4. The molecule has 1 heterocycles. The van der Waals surface area contributed by atoms with Gasteiger partial charge in [0.05, 0.1) is 12.1 Å². The van der Waals surface area contributed by atoms with Gasteiger partial charge in [-0.15, -0.1) is 10.2 Å². The van der Waals surface area contributed by atoms with E-state index in [-0.39, 0.29) is 12.1 Å². The highest BCUT2D eigenvalue weighted by Gasteiger charge is 2.30. The van der Waals surface area contributed by atoms with Crippen molar-refractivity contribution < 1.29 is 18.0 Å². The molecular weight excluding hydrogens is 461 g/mol. The zero-order valence-electron chi connectivity index (χ0n) is 18.2. The molecule has 0 saturated heterocycles. The van der Waals surface area contributed by atoms with E-state index < -0.39 is 17.6 Å². The van der Waals surface area contributed by atoms with Gasteiger partial charge in [-0.25, -0.2) is 0 Å². The van der Waals surface area contributed by atoms with Crippen LogP contribution in [0.15, 0.2) is 84.0 Å². The maximum Gasteiger partial charge on any atom is 0.416 e. The Kier molecular flexibility index (Phi) is 7.02. The second-order valence-electron chi connectivity index (χ2n) is 7.60. The average Bonchev–Trinajstić information content (AvgIpc) is 3.24. The standard InChI is InChI=1S/C25H21F3N4OS/c1-17-7-13-21(14-8-17)32-22(30-31-24(32)34-16-18-5-3-2-4-6-18)15-29-23(33)19-9-11-20(12-10-19)25(26,27)28/h2-14H,15-16H2,1H3,(H,29,33). The van der Waals surface area contributed by atoms with Gasteiger partial charge in [0.1, 0.15) is 0 Å². The number of carbonyl (C=O) groups excluding carboxylic acids is 1. The fraction of sp³-hybridized carbons (Fsp3) is 0.160. The number of carbonyl (C=O) groups is 1. The Bertz CT molecular complexity index is 1250. The van der Waals surface area contributed by atoms with Crippen LogP contribution < -0.4 is 5.32 Å². The molecule has 0 fully saturated rings. The number of hydrogen-bond acceptors (Lipinski definition) is 4. The first kappa shape index (κ1) is 23.6. The molecule has 0 unspecified atom stereocenters. The molecule has 1 N–H and O–H groups in total. The van der Waals surface area contributed by atoms with Crippen molar-refractivity contribution in [2.45, 2.75) is 30.6 Å². The predicted molar refractivity (Wildman–Crippen MR) is 125 cm³/mol. The van der Waals surface area contributed by atoms with Crippen molar-refractivity contribution in [2.24, 2.45) is 0 Å². The summed E-state index contributed by atoms with van der Waals surface area (Å²) >= 11 is 1.52. The summed E-state index contributed by atoms with van der Waals surface area (Å²) in [6.07, 6.45) is -4.45. The van der Waals surface area contributed by atoms with E-state index in [4.69, 9.17) is 0 Å². The Morgan fingerprint density at radius 3 is 2.26 bits per heavy atom. The molecule has 0 spiro atoms.